The molecule has 5 nitrogen and oxygen atoms in total. The van der Waals surface area contributed by atoms with Gasteiger partial charge in [0.15, 0.2) is 0 Å². The van der Waals surface area contributed by atoms with E-state index in [0.29, 0.717) is 0 Å². The highest BCUT2D eigenvalue weighted by atomic mass is 32.2. The number of rotatable bonds is 5. The van der Waals surface area contributed by atoms with Gasteiger partial charge >= 0.3 is 0 Å². The van der Waals surface area contributed by atoms with E-state index in [2.05, 4.69) is 6.58 Å². The third-order valence-electron chi connectivity index (χ3n) is 0.804. The van der Waals surface area contributed by atoms with Gasteiger partial charge in [-0.1, -0.05) is 6.08 Å². The first-order valence-electron chi connectivity index (χ1n) is 2.84. The lowest BCUT2D eigenvalue weighted by atomic mass is 10.7. The molecule has 0 bridgehead atoms. The summed E-state index contributed by atoms with van der Waals surface area (Å²) in [5, 5.41) is 0. The van der Waals surface area contributed by atoms with E-state index in [1.807, 2.05) is 4.72 Å². The number of carbonyl (C=O) groups excluding carboxylic acids is 1. The van der Waals surface area contributed by atoms with Gasteiger partial charge in [-0.3, -0.25) is 4.79 Å². The van der Waals surface area contributed by atoms with E-state index in [9.17, 15) is 13.2 Å². The molecule has 0 atom stereocenters. The molecule has 0 aromatic carbocycles. The van der Waals surface area contributed by atoms with Gasteiger partial charge in [-0.15, -0.1) is 6.58 Å². The fourth-order valence-corrected chi connectivity index (χ4v) is 1.19. The zero-order valence-corrected chi connectivity index (χ0v) is 6.73. The number of carbonyl (C=O) groups is 1. The Labute approximate surface area is 65.3 Å². The maximum Gasteiger partial charge on any atom is 0.232 e. The van der Waals surface area contributed by atoms with Crippen molar-refractivity contribution in [1.82, 2.24) is 4.72 Å². The van der Waals surface area contributed by atoms with Crippen LogP contribution in [0.15, 0.2) is 12.7 Å². The number of hydrogen-bond donors (Lipinski definition) is 2. The highest BCUT2D eigenvalue weighted by Crippen LogP contribution is 1.82. The lowest BCUT2D eigenvalue weighted by Crippen LogP contribution is -2.34. The van der Waals surface area contributed by atoms with Gasteiger partial charge in [0.25, 0.3) is 0 Å². The van der Waals surface area contributed by atoms with Crippen LogP contribution in [-0.2, 0) is 14.8 Å². The fraction of sp³-hybridized carbons (Fsp3) is 0.400. The van der Waals surface area contributed by atoms with E-state index in [4.69, 9.17) is 5.73 Å². The zero-order valence-electron chi connectivity index (χ0n) is 5.91. The van der Waals surface area contributed by atoms with Gasteiger partial charge in [-0.25, -0.2) is 13.1 Å². The average Bonchev–Trinajstić information content (AvgIpc) is 1.84. The van der Waals surface area contributed by atoms with E-state index in [1.54, 1.807) is 0 Å². The highest BCUT2D eigenvalue weighted by molar-refractivity contribution is 7.89. The van der Waals surface area contributed by atoms with Crippen LogP contribution in [0.1, 0.15) is 0 Å². The van der Waals surface area contributed by atoms with Gasteiger partial charge in [0.05, 0.1) is 12.3 Å². The minimum atomic E-state index is -3.40. The second-order valence-electron chi connectivity index (χ2n) is 1.86. The van der Waals surface area contributed by atoms with Crippen molar-refractivity contribution in [2.75, 3.05) is 12.3 Å². The van der Waals surface area contributed by atoms with E-state index >= 15 is 0 Å². The van der Waals surface area contributed by atoms with E-state index in [0.717, 1.165) is 0 Å². The van der Waals surface area contributed by atoms with Crippen LogP contribution in [0.2, 0.25) is 0 Å². The lowest BCUT2D eigenvalue weighted by Gasteiger charge is -1.99. The molecule has 0 aliphatic carbocycles. The zero-order chi connectivity index (χ0) is 8.91. The van der Waals surface area contributed by atoms with Crippen LogP contribution in [0.5, 0.6) is 0 Å². The molecule has 0 aromatic rings. The van der Waals surface area contributed by atoms with Crippen LogP contribution in [0.4, 0.5) is 0 Å². The van der Waals surface area contributed by atoms with E-state index < -0.39 is 15.9 Å². The first-order valence-corrected chi connectivity index (χ1v) is 4.49. The molecule has 3 N–H and O–H groups in total. The molecule has 6 heteroatoms. The van der Waals surface area contributed by atoms with Crippen LogP contribution in [-0.4, -0.2) is 26.6 Å². The number of amides is 1. The number of nitrogens with two attached hydrogens (primary N) is 1. The van der Waals surface area contributed by atoms with Crippen molar-refractivity contribution in [3.8, 4) is 0 Å². The Morgan fingerprint density at radius 3 is 2.55 bits per heavy atom. The number of hydrogen-bond acceptors (Lipinski definition) is 3. The molecule has 0 aromatic heterocycles. The third-order valence-corrected chi connectivity index (χ3v) is 2.06. The summed E-state index contributed by atoms with van der Waals surface area (Å²) < 4.78 is 23.5. The summed E-state index contributed by atoms with van der Waals surface area (Å²) >= 11 is 0. The Bertz CT molecular complexity index is 244. The van der Waals surface area contributed by atoms with Gasteiger partial charge in [0.1, 0.15) is 0 Å². The molecule has 0 saturated carbocycles. The predicted molar refractivity (Wildman–Crippen MR) is 41.2 cm³/mol. The van der Waals surface area contributed by atoms with Crippen molar-refractivity contribution >= 4 is 15.9 Å². The Morgan fingerprint density at radius 1 is 1.64 bits per heavy atom. The quantitative estimate of drug-likeness (QED) is 0.506. The van der Waals surface area contributed by atoms with Crippen molar-refractivity contribution in [2.45, 2.75) is 0 Å². The second-order valence-corrected chi connectivity index (χ2v) is 3.71. The van der Waals surface area contributed by atoms with Crippen molar-refractivity contribution in [3.63, 3.8) is 0 Å². The molecule has 1 amide bonds. The summed E-state index contributed by atoms with van der Waals surface area (Å²) in [6.07, 6.45) is 1.23. The molecule has 11 heavy (non-hydrogen) atoms. The molecule has 0 heterocycles. The van der Waals surface area contributed by atoms with Crippen LogP contribution in [0.3, 0.4) is 0 Å². The predicted octanol–water partition coefficient (Wildman–Crippen LogP) is -1.42. The summed E-state index contributed by atoms with van der Waals surface area (Å²) in [6, 6.07) is 0. The van der Waals surface area contributed by atoms with Crippen LogP contribution >= 0.6 is 0 Å². The van der Waals surface area contributed by atoms with Crippen molar-refractivity contribution in [3.05, 3.63) is 12.7 Å². The average molecular weight is 178 g/mol. The highest BCUT2D eigenvalue weighted by Gasteiger charge is 2.07. The molecular formula is C5H10N2O3S. The molecule has 0 rings (SSSR count). The first-order chi connectivity index (χ1) is 4.98. The topological polar surface area (TPSA) is 89.3 Å². The van der Waals surface area contributed by atoms with Crippen LogP contribution in [0, 0.1) is 0 Å². The molecular weight excluding hydrogens is 168 g/mol. The Hall–Kier alpha value is -0.880. The lowest BCUT2D eigenvalue weighted by molar-refractivity contribution is -0.116. The molecule has 0 spiro atoms. The van der Waals surface area contributed by atoms with E-state index in [-0.39, 0.29) is 12.3 Å². The molecule has 0 unspecified atom stereocenters. The summed E-state index contributed by atoms with van der Waals surface area (Å²) in [6.45, 7) is 2.87. The minimum absolute atomic E-state index is 0.208. The molecule has 0 saturated heterocycles. The first kappa shape index (κ1) is 10.1. The van der Waals surface area contributed by atoms with Crippen molar-refractivity contribution < 1.29 is 13.2 Å². The SMILES string of the molecule is C=CCS(=O)(=O)NCC(N)=O. The molecule has 64 valence electrons. The summed E-state index contributed by atoms with van der Waals surface area (Å²) in [5.74, 6) is -0.919. The summed E-state index contributed by atoms with van der Waals surface area (Å²) in [5.41, 5.74) is 4.70. The standard InChI is InChI=1S/C5H10N2O3S/c1-2-3-11(9,10)7-4-5(6)8/h2,7H,1,3-4H2,(H2,6,8). The normalized spacial score (nSPS) is 10.9. The van der Waals surface area contributed by atoms with Gasteiger partial charge < -0.3 is 5.73 Å². The Morgan fingerprint density at radius 2 is 2.18 bits per heavy atom. The van der Waals surface area contributed by atoms with Gasteiger partial charge in [0, 0.05) is 0 Å². The maximum atomic E-state index is 10.7. The van der Waals surface area contributed by atoms with Gasteiger partial charge in [-0.2, -0.15) is 0 Å². The van der Waals surface area contributed by atoms with Gasteiger partial charge in [-0.05, 0) is 0 Å². The largest absolute Gasteiger partial charge is 0.369 e. The monoisotopic (exact) mass is 178 g/mol. The van der Waals surface area contributed by atoms with Crippen molar-refractivity contribution in [2.24, 2.45) is 5.73 Å². The van der Waals surface area contributed by atoms with Gasteiger partial charge in [0.2, 0.25) is 15.9 Å². The van der Waals surface area contributed by atoms with Crippen molar-refractivity contribution in [1.29, 1.82) is 0 Å². The molecule has 0 aliphatic heterocycles. The smallest absolute Gasteiger partial charge is 0.232 e. The van der Waals surface area contributed by atoms with Crippen LogP contribution < -0.4 is 10.5 Å². The molecule has 0 aliphatic rings. The van der Waals surface area contributed by atoms with E-state index in [1.165, 1.54) is 6.08 Å². The number of nitrogens with one attached hydrogen (secondary N) is 1. The minimum Gasteiger partial charge on any atom is -0.369 e. The van der Waals surface area contributed by atoms with Crippen LogP contribution in [0.25, 0.3) is 0 Å². The second kappa shape index (κ2) is 4.09. The molecule has 0 fully saturated rings. The maximum absolute atomic E-state index is 10.7. The third kappa shape index (κ3) is 5.56. The number of primary amides is 1. The molecule has 0 radical (unpaired) electrons. The number of sulfonamides is 1. The Kier molecular flexibility index (Phi) is 3.77. The summed E-state index contributed by atoms with van der Waals surface area (Å²) in [4.78, 5) is 10.1. The fourth-order valence-electron chi connectivity index (χ4n) is 0.395. The Balaban J connectivity index is 3.93. The summed E-state index contributed by atoms with van der Waals surface area (Å²) in [7, 11) is -3.40.